The molecule has 2 heterocycles. The van der Waals surface area contributed by atoms with Gasteiger partial charge in [0.05, 0.1) is 16.7 Å². The first-order valence-corrected chi connectivity index (χ1v) is 7.05. The molecule has 2 aromatic heterocycles. The summed E-state index contributed by atoms with van der Waals surface area (Å²) in [6.45, 7) is 6.26. The predicted molar refractivity (Wildman–Crippen MR) is 79.4 cm³/mol. The van der Waals surface area contributed by atoms with Gasteiger partial charge in [-0.25, -0.2) is 9.97 Å². The summed E-state index contributed by atoms with van der Waals surface area (Å²) in [5.41, 5.74) is 2.75. The number of hydrogen-bond acceptors (Lipinski definition) is 4. The maximum atomic E-state index is 11.9. The second-order valence-corrected chi connectivity index (χ2v) is 5.32. The normalized spacial score (nSPS) is 10.6. The summed E-state index contributed by atoms with van der Waals surface area (Å²) in [7, 11) is 0. The molecule has 0 radical (unpaired) electrons. The Bertz CT molecular complexity index is 638. The van der Waals surface area contributed by atoms with Gasteiger partial charge in [-0.3, -0.25) is 14.8 Å². The smallest absolute Gasteiger partial charge is 0.229 e. The van der Waals surface area contributed by atoms with E-state index >= 15 is 0 Å². The Morgan fingerprint density at radius 2 is 2.15 bits per heavy atom. The zero-order valence-corrected chi connectivity index (χ0v) is 13.2. The SMILES string of the molecule is Cc1ccnc(NC(=O)CCn2nc(C)c(Br)c2C)n1. The molecule has 0 atom stereocenters. The monoisotopic (exact) mass is 337 g/mol. The van der Waals surface area contributed by atoms with Crippen LogP contribution in [0.5, 0.6) is 0 Å². The minimum absolute atomic E-state index is 0.126. The van der Waals surface area contributed by atoms with E-state index in [1.165, 1.54) is 0 Å². The van der Waals surface area contributed by atoms with Crippen molar-refractivity contribution in [1.82, 2.24) is 19.7 Å². The Hall–Kier alpha value is -1.76. The lowest BCUT2D eigenvalue weighted by atomic mass is 10.3. The third-order valence-electron chi connectivity index (χ3n) is 2.89. The van der Waals surface area contributed by atoms with Crippen LogP contribution in [0.4, 0.5) is 5.95 Å². The van der Waals surface area contributed by atoms with Gasteiger partial charge >= 0.3 is 0 Å². The first kappa shape index (κ1) is 14.6. The fourth-order valence-electron chi connectivity index (χ4n) is 1.80. The number of hydrogen-bond donors (Lipinski definition) is 1. The molecule has 0 aliphatic heterocycles. The molecule has 1 amide bonds. The van der Waals surface area contributed by atoms with Crippen molar-refractivity contribution in [3.63, 3.8) is 0 Å². The minimum Gasteiger partial charge on any atom is -0.294 e. The third-order valence-corrected chi connectivity index (χ3v) is 4.04. The second-order valence-electron chi connectivity index (χ2n) is 4.53. The van der Waals surface area contributed by atoms with Crippen LogP contribution < -0.4 is 5.32 Å². The van der Waals surface area contributed by atoms with Crippen LogP contribution in [0, 0.1) is 20.8 Å². The lowest BCUT2D eigenvalue weighted by Crippen LogP contribution is -2.17. The van der Waals surface area contributed by atoms with Crippen molar-refractivity contribution in [2.24, 2.45) is 0 Å². The summed E-state index contributed by atoms with van der Waals surface area (Å²) >= 11 is 3.46. The zero-order valence-electron chi connectivity index (χ0n) is 11.6. The molecular weight excluding hydrogens is 322 g/mol. The molecule has 0 unspecified atom stereocenters. The molecule has 0 saturated carbocycles. The molecule has 2 rings (SSSR count). The topological polar surface area (TPSA) is 72.7 Å². The van der Waals surface area contributed by atoms with E-state index in [0.717, 1.165) is 21.6 Å². The molecule has 0 saturated heterocycles. The predicted octanol–water partition coefficient (Wildman–Crippen LogP) is 2.39. The van der Waals surface area contributed by atoms with Gasteiger partial charge in [0.2, 0.25) is 11.9 Å². The van der Waals surface area contributed by atoms with Gasteiger partial charge in [0, 0.05) is 24.0 Å². The minimum atomic E-state index is -0.126. The molecule has 0 aliphatic rings. The van der Waals surface area contributed by atoms with Crippen LogP contribution in [-0.2, 0) is 11.3 Å². The standard InChI is InChI=1S/C13H16BrN5O/c1-8-4-6-15-13(16-8)17-11(20)5-7-19-10(3)12(14)9(2)18-19/h4,6H,5,7H2,1-3H3,(H,15,16,17,20). The van der Waals surface area contributed by atoms with E-state index in [-0.39, 0.29) is 5.91 Å². The number of nitrogens with one attached hydrogen (secondary N) is 1. The van der Waals surface area contributed by atoms with Crippen molar-refractivity contribution in [2.75, 3.05) is 5.32 Å². The molecular formula is C13H16BrN5O. The van der Waals surface area contributed by atoms with Crippen LogP contribution in [0.3, 0.4) is 0 Å². The highest BCUT2D eigenvalue weighted by atomic mass is 79.9. The van der Waals surface area contributed by atoms with E-state index in [4.69, 9.17) is 0 Å². The van der Waals surface area contributed by atoms with Gasteiger partial charge in [-0.05, 0) is 42.8 Å². The highest BCUT2D eigenvalue weighted by molar-refractivity contribution is 9.10. The molecule has 6 nitrogen and oxygen atoms in total. The maximum Gasteiger partial charge on any atom is 0.229 e. The molecule has 0 fully saturated rings. The van der Waals surface area contributed by atoms with E-state index in [0.29, 0.717) is 18.9 Å². The van der Waals surface area contributed by atoms with E-state index in [2.05, 4.69) is 36.3 Å². The van der Waals surface area contributed by atoms with Gasteiger partial charge in [-0.1, -0.05) is 0 Å². The van der Waals surface area contributed by atoms with Crippen molar-refractivity contribution in [3.05, 3.63) is 33.8 Å². The third kappa shape index (κ3) is 3.41. The molecule has 0 bridgehead atoms. The van der Waals surface area contributed by atoms with Crippen LogP contribution in [-0.4, -0.2) is 25.7 Å². The van der Waals surface area contributed by atoms with Crippen molar-refractivity contribution in [1.29, 1.82) is 0 Å². The number of carbonyl (C=O) groups is 1. The molecule has 20 heavy (non-hydrogen) atoms. The van der Waals surface area contributed by atoms with E-state index in [1.807, 2.05) is 25.5 Å². The average Bonchev–Trinajstić information content (AvgIpc) is 2.64. The first-order chi connectivity index (χ1) is 9.47. The Morgan fingerprint density at radius 1 is 1.40 bits per heavy atom. The summed E-state index contributed by atoms with van der Waals surface area (Å²) in [5, 5.41) is 7.04. The summed E-state index contributed by atoms with van der Waals surface area (Å²) in [6, 6.07) is 1.78. The first-order valence-electron chi connectivity index (χ1n) is 6.26. The highest BCUT2D eigenvalue weighted by Gasteiger charge is 2.10. The van der Waals surface area contributed by atoms with Gasteiger partial charge in [-0.15, -0.1) is 0 Å². The summed E-state index contributed by atoms with van der Waals surface area (Å²) in [5.74, 6) is 0.212. The zero-order chi connectivity index (χ0) is 14.7. The molecule has 106 valence electrons. The van der Waals surface area contributed by atoms with E-state index in [9.17, 15) is 4.79 Å². The van der Waals surface area contributed by atoms with Gasteiger partial charge in [0.15, 0.2) is 0 Å². The fourth-order valence-corrected chi connectivity index (χ4v) is 2.08. The lowest BCUT2D eigenvalue weighted by molar-refractivity contribution is -0.116. The second kappa shape index (κ2) is 6.13. The van der Waals surface area contributed by atoms with Crippen LogP contribution in [0.2, 0.25) is 0 Å². The van der Waals surface area contributed by atoms with Crippen molar-refractivity contribution in [3.8, 4) is 0 Å². The molecule has 1 N–H and O–H groups in total. The highest BCUT2D eigenvalue weighted by Crippen LogP contribution is 2.19. The lowest BCUT2D eigenvalue weighted by Gasteiger charge is -2.05. The maximum absolute atomic E-state index is 11.9. The Balaban J connectivity index is 1.94. The Morgan fingerprint density at radius 3 is 2.75 bits per heavy atom. The van der Waals surface area contributed by atoms with Gasteiger partial charge in [0.25, 0.3) is 0 Å². The van der Waals surface area contributed by atoms with Crippen molar-refractivity contribution in [2.45, 2.75) is 33.7 Å². The number of halogens is 1. The van der Waals surface area contributed by atoms with Gasteiger partial charge in [0.1, 0.15) is 0 Å². The van der Waals surface area contributed by atoms with E-state index < -0.39 is 0 Å². The fraction of sp³-hybridized carbons (Fsp3) is 0.385. The van der Waals surface area contributed by atoms with Crippen LogP contribution in [0.1, 0.15) is 23.5 Å². The average molecular weight is 338 g/mol. The summed E-state index contributed by atoms with van der Waals surface area (Å²) < 4.78 is 2.80. The summed E-state index contributed by atoms with van der Waals surface area (Å²) in [6.07, 6.45) is 1.95. The molecule has 7 heteroatoms. The van der Waals surface area contributed by atoms with Gasteiger partial charge < -0.3 is 0 Å². The number of amides is 1. The van der Waals surface area contributed by atoms with Crippen LogP contribution >= 0.6 is 15.9 Å². The van der Waals surface area contributed by atoms with Crippen LogP contribution in [0.15, 0.2) is 16.7 Å². The largest absolute Gasteiger partial charge is 0.294 e. The Labute approximate surface area is 125 Å². The molecule has 0 aliphatic carbocycles. The quantitative estimate of drug-likeness (QED) is 0.929. The molecule has 0 spiro atoms. The summed E-state index contributed by atoms with van der Waals surface area (Å²) in [4.78, 5) is 20.0. The number of carbonyl (C=O) groups excluding carboxylic acids is 1. The molecule has 2 aromatic rings. The number of rotatable bonds is 4. The number of anilines is 1. The van der Waals surface area contributed by atoms with Gasteiger partial charge in [-0.2, -0.15) is 5.10 Å². The van der Waals surface area contributed by atoms with Crippen molar-refractivity contribution >= 4 is 27.8 Å². The number of nitrogens with zero attached hydrogens (tertiary/aromatic N) is 4. The number of aromatic nitrogens is 4. The van der Waals surface area contributed by atoms with E-state index in [1.54, 1.807) is 12.3 Å². The number of aryl methyl sites for hydroxylation is 3. The van der Waals surface area contributed by atoms with Crippen molar-refractivity contribution < 1.29 is 4.79 Å². The van der Waals surface area contributed by atoms with Crippen LogP contribution in [0.25, 0.3) is 0 Å². The Kier molecular flexibility index (Phi) is 4.49. The molecule has 0 aromatic carbocycles.